The lowest BCUT2D eigenvalue weighted by Gasteiger charge is -2.34. The predicted octanol–water partition coefficient (Wildman–Crippen LogP) is 18.8. The van der Waals surface area contributed by atoms with E-state index in [0.29, 0.717) is 0 Å². The van der Waals surface area contributed by atoms with Crippen LogP contribution in [-0.4, -0.2) is 14.1 Å². The van der Waals surface area contributed by atoms with Crippen molar-refractivity contribution in [1.29, 1.82) is 0 Å². The first-order valence-electron chi connectivity index (χ1n) is 28.3. The normalized spacial score (nSPS) is 12.9. The molecule has 0 amide bonds. The van der Waals surface area contributed by atoms with E-state index in [1.165, 1.54) is 66.6 Å². The Labute approximate surface area is 476 Å². The van der Waals surface area contributed by atoms with Gasteiger partial charge < -0.3 is 4.74 Å². The summed E-state index contributed by atoms with van der Waals surface area (Å²) in [5, 5.41) is 2.32. The number of pyridine rings is 1. The van der Waals surface area contributed by atoms with Gasteiger partial charge in [0.1, 0.15) is 28.7 Å². The quantitative estimate of drug-likeness (QED) is 0.149. The number of imidazole rings is 1. The third kappa shape index (κ3) is 7.19. The molecule has 0 atom stereocenters. The molecule has 0 fully saturated rings. The van der Waals surface area contributed by atoms with Crippen molar-refractivity contribution >= 4 is 32.8 Å². The van der Waals surface area contributed by atoms with Gasteiger partial charge >= 0.3 is 0 Å². The van der Waals surface area contributed by atoms with Gasteiger partial charge in [0.15, 0.2) is 11.0 Å². The van der Waals surface area contributed by atoms with Gasteiger partial charge in [-0.15, -0.1) is 0 Å². The van der Waals surface area contributed by atoms with Crippen LogP contribution in [-0.2, 0) is 10.8 Å². The Balaban J connectivity index is 0.890. The molecule has 0 saturated carbocycles. The fourth-order valence-electron chi connectivity index (χ4n) is 13.7. The third-order valence-corrected chi connectivity index (χ3v) is 17.3. The molecule has 3 aromatic heterocycles. The number of hydrogen-bond acceptors (Lipinski definition) is 2. The van der Waals surface area contributed by atoms with E-state index in [2.05, 4.69) is 308 Å². The van der Waals surface area contributed by atoms with Crippen LogP contribution >= 0.6 is 0 Å². The Morgan fingerprint density at radius 3 is 1.73 bits per heavy atom. The molecule has 388 valence electrons. The number of ether oxygens (including phenoxy) is 1. The fraction of sp³-hybridized carbons (Fsp3) is 0.0649. The van der Waals surface area contributed by atoms with Crippen molar-refractivity contribution in [3.05, 3.63) is 307 Å². The first-order valence-corrected chi connectivity index (χ1v) is 28.3. The van der Waals surface area contributed by atoms with Gasteiger partial charge in [0.05, 0.1) is 16.4 Å². The van der Waals surface area contributed by atoms with Crippen molar-refractivity contribution in [2.24, 2.45) is 0 Å². The van der Waals surface area contributed by atoms with Crippen molar-refractivity contribution in [3.8, 4) is 84.3 Å². The molecule has 16 rings (SSSR count). The monoisotopic (exact) mass is 1050 g/mol. The smallest absolute Gasteiger partial charge is 0.255 e. The van der Waals surface area contributed by atoms with E-state index >= 15 is 0 Å². The third-order valence-electron chi connectivity index (χ3n) is 17.3. The van der Waals surface area contributed by atoms with Gasteiger partial charge in [0.25, 0.3) is 6.33 Å². The van der Waals surface area contributed by atoms with Gasteiger partial charge in [-0.2, -0.15) is 9.13 Å². The van der Waals surface area contributed by atoms with Crippen LogP contribution in [0.3, 0.4) is 0 Å². The van der Waals surface area contributed by atoms with Crippen molar-refractivity contribution in [2.75, 3.05) is 0 Å². The second-order valence-electron chi connectivity index (χ2n) is 22.9. The summed E-state index contributed by atoms with van der Waals surface area (Å²) in [6.07, 6.45) is 4.23. The molecular formula is C77H55N4O+. The second kappa shape index (κ2) is 18.3. The molecule has 5 nitrogen and oxygen atoms in total. The number of nitrogens with zero attached hydrogens (tertiary/aromatic N) is 4. The number of benzene rings is 11. The Bertz CT molecular complexity index is 4850. The van der Waals surface area contributed by atoms with Gasteiger partial charge in [0, 0.05) is 45.8 Å². The Hall–Kier alpha value is -10.4. The molecular weight excluding hydrogens is 997 g/mol. The van der Waals surface area contributed by atoms with Crippen LogP contribution in [0.25, 0.3) is 106 Å². The number of fused-ring (bicyclic) bond motifs is 13. The summed E-state index contributed by atoms with van der Waals surface area (Å²) in [4.78, 5) is 4.94. The molecule has 0 radical (unpaired) electrons. The minimum Gasteiger partial charge on any atom is -0.457 e. The summed E-state index contributed by atoms with van der Waals surface area (Å²) < 4.78 is 14.0. The van der Waals surface area contributed by atoms with Crippen LogP contribution in [0.15, 0.2) is 279 Å². The Morgan fingerprint density at radius 1 is 0.415 bits per heavy atom. The summed E-state index contributed by atoms with van der Waals surface area (Å²) in [5.41, 5.74) is 24.0. The standard InChI is InChI=1S/C77H55N4O/c1-76(2,3)52-43-44-78-73(46-52)81-70-39-16-13-33-64(70)65-42-41-56(48-72(65)81)82-55-26-18-25-54(47-55)79-49-80-74-57(34-19-35-66(74)60-29-9-7-27-58(60)59-28-8-10-30-61(59)67-36-20-40-71(79)75(67)80)50-21-17-24-53(45-50)77(51-22-5-4-6-23-51)68-37-14-11-31-62(68)63-32-12-15-38-69(63)77/h4-49H,1-3H3/q+1. The molecule has 82 heavy (non-hydrogen) atoms. The molecule has 1 aliphatic heterocycles. The highest BCUT2D eigenvalue weighted by Gasteiger charge is 2.46. The highest BCUT2D eigenvalue weighted by molar-refractivity contribution is 6.09. The summed E-state index contributed by atoms with van der Waals surface area (Å²) in [6.45, 7) is 6.74. The number of para-hydroxylation sites is 3. The zero-order valence-electron chi connectivity index (χ0n) is 45.8. The lowest BCUT2D eigenvalue weighted by Crippen LogP contribution is -2.31. The van der Waals surface area contributed by atoms with Crippen LogP contribution in [0.4, 0.5) is 0 Å². The van der Waals surface area contributed by atoms with Crippen molar-refractivity contribution in [1.82, 2.24) is 14.1 Å². The zero-order valence-corrected chi connectivity index (χ0v) is 45.8. The average molecular weight is 1050 g/mol. The van der Waals surface area contributed by atoms with Gasteiger partial charge in [-0.3, -0.25) is 4.57 Å². The number of rotatable bonds is 7. The second-order valence-corrected chi connectivity index (χ2v) is 22.9. The van der Waals surface area contributed by atoms with E-state index in [4.69, 9.17) is 9.72 Å². The predicted molar refractivity (Wildman–Crippen MR) is 335 cm³/mol. The van der Waals surface area contributed by atoms with E-state index < -0.39 is 5.41 Å². The van der Waals surface area contributed by atoms with Crippen LogP contribution in [0.2, 0.25) is 0 Å². The van der Waals surface area contributed by atoms with Crippen LogP contribution in [0, 0.1) is 0 Å². The molecule has 0 bridgehead atoms. The average Bonchev–Trinajstić information content (AvgIpc) is 3.35. The van der Waals surface area contributed by atoms with Crippen molar-refractivity contribution in [3.63, 3.8) is 0 Å². The fourth-order valence-corrected chi connectivity index (χ4v) is 13.7. The molecule has 5 heteroatoms. The number of hydrogen-bond donors (Lipinski definition) is 0. The first-order chi connectivity index (χ1) is 40.3. The van der Waals surface area contributed by atoms with Gasteiger partial charge in [-0.05, 0) is 133 Å². The molecule has 0 N–H and O–H groups in total. The highest BCUT2D eigenvalue weighted by atomic mass is 16.5. The lowest BCUT2D eigenvalue weighted by molar-refractivity contribution is -0.566. The van der Waals surface area contributed by atoms with E-state index in [0.717, 1.165) is 78.4 Å². The maximum Gasteiger partial charge on any atom is 0.255 e. The molecule has 2 aliphatic rings. The SMILES string of the molecule is CC(C)(C)c1ccnc(-n2c3ccccc3c3ccc(Oc4cccc(-n5c[n+]6c7c(cccc75)-c5ccccc5-c5ccccc5-c5cccc(-c7cccc(C8(c9ccccc9)c9ccccc9-c9ccccc98)c7)c5-6)c4)cc32)c1. The summed E-state index contributed by atoms with van der Waals surface area (Å²) in [6, 6.07) is 97.8. The maximum atomic E-state index is 6.95. The van der Waals surface area contributed by atoms with E-state index in [9.17, 15) is 0 Å². The van der Waals surface area contributed by atoms with E-state index in [-0.39, 0.29) is 5.41 Å². The topological polar surface area (TPSA) is 35.9 Å². The van der Waals surface area contributed by atoms with E-state index in [1.54, 1.807) is 0 Å². The maximum absolute atomic E-state index is 6.95. The minimum atomic E-state index is -0.553. The molecule has 0 saturated heterocycles. The summed E-state index contributed by atoms with van der Waals surface area (Å²) in [7, 11) is 0. The molecule has 1 aliphatic carbocycles. The van der Waals surface area contributed by atoms with Gasteiger partial charge in [-0.25, -0.2) is 4.98 Å². The molecule has 11 aromatic carbocycles. The summed E-state index contributed by atoms with van der Waals surface area (Å²) in [5.74, 6) is 2.36. The lowest BCUT2D eigenvalue weighted by atomic mass is 9.67. The number of aromatic nitrogens is 4. The molecule has 0 unspecified atom stereocenters. The van der Waals surface area contributed by atoms with Gasteiger partial charge in [-0.1, -0.05) is 215 Å². The van der Waals surface area contributed by atoms with E-state index in [1.807, 2.05) is 6.20 Å². The zero-order chi connectivity index (χ0) is 54.7. The summed E-state index contributed by atoms with van der Waals surface area (Å²) >= 11 is 0. The minimum absolute atomic E-state index is 0.0337. The molecule has 14 aromatic rings. The highest BCUT2D eigenvalue weighted by Crippen LogP contribution is 2.57. The van der Waals surface area contributed by atoms with Gasteiger partial charge in [0.2, 0.25) is 0 Å². The van der Waals surface area contributed by atoms with Crippen LogP contribution in [0.5, 0.6) is 11.5 Å². The van der Waals surface area contributed by atoms with Crippen molar-refractivity contribution < 1.29 is 9.30 Å². The largest absolute Gasteiger partial charge is 0.457 e. The Morgan fingerprint density at radius 2 is 0.976 bits per heavy atom. The molecule has 0 spiro atoms. The van der Waals surface area contributed by atoms with Crippen LogP contribution in [0.1, 0.15) is 48.6 Å². The van der Waals surface area contributed by atoms with Crippen molar-refractivity contribution in [2.45, 2.75) is 31.6 Å². The molecule has 4 heterocycles. The van der Waals surface area contributed by atoms with Crippen LogP contribution < -0.4 is 9.30 Å². The first kappa shape index (κ1) is 47.6. The Kier molecular flexibility index (Phi) is 10.7.